The molecule has 1 N–H and O–H groups in total. The molecule has 0 saturated heterocycles. The van der Waals surface area contributed by atoms with Crippen molar-refractivity contribution in [3.8, 4) is 11.3 Å². The fourth-order valence-corrected chi connectivity index (χ4v) is 4.09. The molecule has 0 unspecified atom stereocenters. The van der Waals surface area contributed by atoms with Crippen LogP contribution in [0.5, 0.6) is 0 Å². The number of benzene rings is 2. The molecule has 1 heterocycles. The molecule has 1 aliphatic carbocycles. The van der Waals surface area contributed by atoms with Gasteiger partial charge >= 0.3 is 0 Å². The Morgan fingerprint density at radius 2 is 1.67 bits per heavy atom. The Balaban J connectivity index is 1.74. The summed E-state index contributed by atoms with van der Waals surface area (Å²) in [5.41, 5.74) is 3.04. The predicted octanol–water partition coefficient (Wildman–Crippen LogP) is 6.01. The number of amides is 1. The highest BCUT2D eigenvalue weighted by atomic mass is 35.5. The smallest absolute Gasteiger partial charge is 0.252 e. The zero-order valence-corrected chi connectivity index (χ0v) is 16.0. The fourth-order valence-electron chi connectivity index (χ4n) is 3.86. The van der Waals surface area contributed by atoms with Gasteiger partial charge < -0.3 is 5.32 Å². The number of carbonyl (C=O) groups is 1. The number of halogens is 1. The number of hydrogen-bond acceptors (Lipinski definition) is 2. The number of hydrogen-bond donors (Lipinski definition) is 1. The summed E-state index contributed by atoms with van der Waals surface area (Å²) in [6, 6.07) is 17.5. The Hall–Kier alpha value is -2.39. The number of nitrogens with one attached hydrogen (secondary N) is 1. The van der Waals surface area contributed by atoms with E-state index < -0.39 is 0 Å². The SMILES string of the molecule is O=C(NC1CCCCCC1)c1cc(-c2ccccc2Cl)nc2ccccc12. The molecule has 2 aromatic carbocycles. The molecular weight excluding hydrogens is 356 g/mol. The van der Waals surface area contributed by atoms with Crippen molar-refractivity contribution in [2.45, 2.75) is 44.6 Å². The van der Waals surface area contributed by atoms with Gasteiger partial charge in [-0.15, -0.1) is 0 Å². The predicted molar refractivity (Wildman–Crippen MR) is 111 cm³/mol. The molecule has 0 radical (unpaired) electrons. The van der Waals surface area contributed by atoms with Gasteiger partial charge in [0.2, 0.25) is 0 Å². The Kier molecular flexibility index (Phi) is 5.40. The number of aromatic nitrogens is 1. The summed E-state index contributed by atoms with van der Waals surface area (Å²) in [5.74, 6) is -0.0196. The second kappa shape index (κ2) is 8.10. The van der Waals surface area contributed by atoms with Gasteiger partial charge in [-0.2, -0.15) is 0 Å². The lowest BCUT2D eigenvalue weighted by Crippen LogP contribution is -2.34. The molecule has 0 atom stereocenters. The molecule has 0 bridgehead atoms. The maximum Gasteiger partial charge on any atom is 0.252 e. The second-order valence-corrected chi connectivity index (χ2v) is 7.62. The Bertz CT molecular complexity index is 962. The molecule has 1 aromatic heterocycles. The number of carbonyl (C=O) groups excluding carboxylic acids is 1. The summed E-state index contributed by atoms with van der Waals surface area (Å²) < 4.78 is 0. The van der Waals surface area contributed by atoms with E-state index in [4.69, 9.17) is 16.6 Å². The summed E-state index contributed by atoms with van der Waals surface area (Å²) in [4.78, 5) is 17.9. The highest BCUT2D eigenvalue weighted by Gasteiger charge is 2.19. The van der Waals surface area contributed by atoms with Crippen LogP contribution in [0.15, 0.2) is 54.6 Å². The van der Waals surface area contributed by atoms with Crippen LogP contribution in [0.3, 0.4) is 0 Å². The van der Waals surface area contributed by atoms with Crippen molar-refractivity contribution >= 4 is 28.4 Å². The van der Waals surface area contributed by atoms with E-state index in [-0.39, 0.29) is 11.9 Å². The monoisotopic (exact) mass is 378 g/mol. The van der Waals surface area contributed by atoms with Gasteiger partial charge in [0.25, 0.3) is 5.91 Å². The van der Waals surface area contributed by atoms with Crippen LogP contribution in [-0.2, 0) is 0 Å². The van der Waals surface area contributed by atoms with Crippen molar-refractivity contribution in [2.75, 3.05) is 0 Å². The molecule has 3 aromatic rings. The van der Waals surface area contributed by atoms with Gasteiger partial charge in [0.1, 0.15) is 0 Å². The normalized spacial score (nSPS) is 15.4. The van der Waals surface area contributed by atoms with Gasteiger partial charge in [-0.1, -0.05) is 73.7 Å². The molecule has 0 aliphatic heterocycles. The van der Waals surface area contributed by atoms with Crippen LogP contribution in [0.4, 0.5) is 0 Å². The molecule has 27 heavy (non-hydrogen) atoms. The summed E-state index contributed by atoms with van der Waals surface area (Å²) in [6.07, 6.45) is 7.03. The van der Waals surface area contributed by atoms with Crippen LogP contribution >= 0.6 is 11.6 Å². The van der Waals surface area contributed by atoms with Crippen LogP contribution < -0.4 is 5.32 Å². The van der Waals surface area contributed by atoms with Crippen molar-refractivity contribution in [2.24, 2.45) is 0 Å². The molecule has 138 valence electrons. The minimum Gasteiger partial charge on any atom is -0.349 e. The minimum atomic E-state index is -0.0196. The summed E-state index contributed by atoms with van der Waals surface area (Å²) in [6.45, 7) is 0. The average molecular weight is 379 g/mol. The first-order chi connectivity index (χ1) is 13.2. The molecule has 1 aliphatic rings. The van der Waals surface area contributed by atoms with Gasteiger partial charge in [-0.3, -0.25) is 4.79 Å². The first-order valence-electron chi connectivity index (χ1n) is 9.68. The van der Waals surface area contributed by atoms with Crippen LogP contribution in [0.1, 0.15) is 48.9 Å². The molecule has 1 saturated carbocycles. The Morgan fingerprint density at radius 3 is 2.44 bits per heavy atom. The first-order valence-corrected chi connectivity index (χ1v) is 10.1. The zero-order valence-electron chi connectivity index (χ0n) is 15.2. The van der Waals surface area contributed by atoms with Gasteiger partial charge in [-0.25, -0.2) is 4.98 Å². The Labute approximate surface area is 164 Å². The van der Waals surface area contributed by atoms with Crippen molar-refractivity contribution in [1.82, 2.24) is 10.3 Å². The third-order valence-corrected chi connectivity index (χ3v) is 5.63. The van der Waals surface area contributed by atoms with E-state index in [2.05, 4.69) is 5.32 Å². The van der Waals surface area contributed by atoms with Crippen LogP contribution in [0.25, 0.3) is 22.2 Å². The Morgan fingerprint density at radius 1 is 0.963 bits per heavy atom. The van der Waals surface area contributed by atoms with Crippen LogP contribution in [-0.4, -0.2) is 16.9 Å². The lowest BCUT2D eigenvalue weighted by molar-refractivity contribution is 0.0935. The molecule has 1 fully saturated rings. The maximum absolute atomic E-state index is 13.1. The molecule has 4 rings (SSSR count). The van der Waals surface area contributed by atoms with E-state index >= 15 is 0 Å². The van der Waals surface area contributed by atoms with Crippen molar-refractivity contribution in [3.63, 3.8) is 0 Å². The van der Waals surface area contributed by atoms with Crippen molar-refractivity contribution < 1.29 is 4.79 Å². The van der Waals surface area contributed by atoms with E-state index in [1.165, 1.54) is 25.7 Å². The molecular formula is C23H23ClN2O. The third kappa shape index (κ3) is 3.98. The highest BCUT2D eigenvalue weighted by molar-refractivity contribution is 6.33. The highest BCUT2D eigenvalue weighted by Crippen LogP contribution is 2.30. The van der Waals surface area contributed by atoms with Crippen molar-refractivity contribution in [3.05, 3.63) is 65.2 Å². The minimum absolute atomic E-state index is 0.0196. The summed E-state index contributed by atoms with van der Waals surface area (Å²) in [7, 11) is 0. The second-order valence-electron chi connectivity index (χ2n) is 7.21. The first kappa shape index (κ1) is 18.0. The van der Waals surface area contributed by atoms with Crippen LogP contribution in [0.2, 0.25) is 5.02 Å². The number of rotatable bonds is 3. The zero-order chi connectivity index (χ0) is 18.6. The number of nitrogens with zero attached hydrogens (tertiary/aromatic N) is 1. The van der Waals surface area contributed by atoms with E-state index in [9.17, 15) is 4.79 Å². The van der Waals surface area contributed by atoms with Crippen molar-refractivity contribution in [1.29, 1.82) is 0 Å². The van der Waals surface area contributed by atoms with Gasteiger partial charge in [-0.05, 0) is 31.0 Å². The molecule has 0 spiro atoms. The molecule has 1 amide bonds. The van der Waals surface area contributed by atoms with Gasteiger partial charge in [0, 0.05) is 22.0 Å². The standard InChI is InChI=1S/C23H23ClN2O/c24-20-13-7-5-12-18(20)22-15-19(17-11-6-8-14-21(17)26-22)23(27)25-16-9-3-1-2-4-10-16/h5-8,11-16H,1-4,9-10H2,(H,25,27). The van der Waals surface area contributed by atoms with E-state index in [0.29, 0.717) is 10.6 Å². The molecule has 4 heteroatoms. The summed E-state index contributed by atoms with van der Waals surface area (Å²) >= 11 is 6.38. The maximum atomic E-state index is 13.1. The lowest BCUT2D eigenvalue weighted by Gasteiger charge is -2.17. The van der Waals surface area contributed by atoms with Gasteiger partial charge in [0.15, 0.2) is 0 Å². The van der Waals surface area contributed by atoms with E-state index in [1.807, 2.05) is 54.6 Å². The third-order valence-electron chi connectivity index (χ3n) is 5.30. The number of para-hydroxylation sites is 1. The average Bonchev–Trinajstić information content (AvgIpc) is 2.96. The van der Waals surface area contributed by atoms with E-state index in [1.54, 1.807) is 0 Å². The quantitative estimate of drug-likeness (QED) is 0.567. The summed E-state index contributed by atoms with van der Waals surface area (Å²) in [5, 5.41) is 4.77. The number of pyridine rings is 1. The largest absolute Gasteiger partial charge is 0.349 e. The van der Waals surface area contributed by atoms with Gasteiger partial charge in [0.05, 0.1) is 16.8 Å². The van der Waals surface area contributed by atoms with Crippen LogP contribution in [0, 0.1) is 0 Å². The molecule has 3 nitrogen and oxygen atoms in total. The fraction of sp³-hybridized carbons (Fsp3) is 0.304. The van der Waals surface area contributed by atoms with E-state index in [0.717, 1.165) is 35.0 Å². The number of fused-ring (bicyclic) bond motifs is 1. The lowest BCUT2D eigenvalue weighted by atomic mass is 10.0. The topological polar surface area (TPSA) is 42.0 Å².